The van der Waals surface area contributed by atoms with Crippen LogP contribution in [-0.4, -0.2) is 21.4 Å². The van der Waals surface area contributed by atoms with Crippen molar-refractivity contribution in [2.24, 2.45) is 0 Å². The van der Waals surface area contributed by atoms with Gasteiger partial charge in [0.15, 0.2) is 4.34 Å². The summed E-state index contributed by atoms with van der Waals surface area (Å²) in [7, 11) is 0. The van der Waals surface area contributed by atoms with Gasteiger partial charge in [0.1, 0.15) is 0 Å². The van der Waals surface area contributed by atoms with Gasteiger partial charge in [0.25, 0.3) is 0 Å². The number of thioether (sulfide) groups is 1. The summed E-state index contributed by atoms with van der Waals surface area (Å²) in [5, 5.41) is 10.7. The molecule has 7 heteroatoms. The molecule has 20 heavy (non-hydrogen) atoms. The molecule has 1 atom stereocenters. The Morgan fingerprint density at radius 1 is 1.40 bits per heavy atom. The number of nitrogens with zero attached hydrogens (tertiary/aromatic N) is 2. The summed E-state index contributed by atoms with van der Waals surface area (Å²) >= 11 is 2.64. The second-order valence-electron chi connectivity index (χ2n) is 4.47. The van der Waals surface area contributed by atoms with Crippen LogP contribution < -0.4 is 11.1 Å². The molecule has 0 aliphatic carbocycles. The minimum atomic E-state index is -0.261. The van der Waals surface area contributed by atoms with Gasteiger partial charge in [-0.2, -0.15) is 0 Å². The summed E-state index contributed by atoms with van der Waals surface area (Å²) in [5.74, 6) is -0.0595. The number of carbonyl (C=O) groups excluding carboxylic acids is 1. The number of nitrogens with two attached hydrogens (primary N) is 1. The van der Waals surface area contributed by atoms with E-state index in [0.29, 0.717) is 9.47 Å². The summed E-state index contributed by atoms with van der Waals surface area (Å²) in [6.45, 7) is 5.84. The third-order valence-corrected chi connectivity index (χ3v) is 4.65. The highest BCUT2D eigenvalue weighted by atomic mass is 32.2. The van der Waals surface area contributed by atoms with Gasteiger partial charge in [0.05, 0.1) is 5.25 Å². The van der Waals surface area contributed by atoms with Crippen LogP contribution in [0.15, 0.2) is 22.5 Å². The first-order chi connectivity index (χ1) is 9.45. The number of nitrogen functional groups attached to an aromatic ring is 1. The van der Waals surface area contributed by atoms with Gasteiger partial charge in [0, 0.05) is 5.69 Å². The minimum Gasteiger partial charge on any atom is -0.374 e. The molecule has 1 amide bonds. The Labute approximate surface area is 126 Å². The van der Waals surface area contributed by atoms with E-state index in [-0.39, 0.29) is 11.2 Å². The third-order valence-electron chi connectivity index (χ3n) is 2.71. The van der Waals surface area contributed by atoms with Gasteiger partial charge in [-0.3, -0.25) is 4.79 Å². The van der Waals surface area contributed by atoms with E-state index in [1.165, 1.54) is 28.7 Å². The second-order valence-corrected chi connectivity index (χ2v) is 7.07. The molecule has 0 radical (unpaired) electrons. The van der Waals surface area contributed by atoms with E-state index in [4.69, 9.17) is 5.73 Å². The van der Waals surface area contributed by atoms with E-state index < -0.39 is 0 Å². The monoisotopic (exact) mass is 308 g/mol. The van der Waals surface area contributed by atoms with E-state index in [1.807, 2.05) is 39.0 Å². The highest BCUT2D eigenvalue weighted by molar-refractivity contribution is 8.02. The normalized spacial score (nSPS) is 12.2. The molecule has 0 aliphatic heterocycles. The molecule has 0 fully saturated rings. The van der Waals surface area contributed by atoms with Crippen LogP contribution in [0.4, 0.5) is 10.8 Å². The molecule has 1 heterocycles. The fourth-order valence-electron chi connectivity index (χ4n) is 1.66. The van der Waals surface area contributed by atoms with E-state index >= 15 is 0 Å². The molecule has 0 unspecified atom stereocenters. The summed E-state index contributed by atoms with van der Waals surface area (Å²) in [4.78, 5) is 12.2. The first kappa shape index (κ1) is 14.8. The molecular formula is C13H16N4OS2. The lowest BCUT2D eigenvalue weighted by molar-refractivity contribution is -0.115. The molecule has 0 saturated heterocycles. The summed E-state index contributed by atoms with van der Waals surface area (Å²) < 4.78 is 0.700. The van der Waals surface area contributed by atoms with E-state index in [0.717, 1.165) is 11.3 Å². The summed E-state index contributed by atoms with van der Waals surface area (Å²) in [6, 6.07) is 5.94. The Hall–Kier alpha value is -1.60. The fraction of sp³-hybridized carbons (Fsp3) is 0.308. The maximum atomic E-state index is 12.2. The summed E-state index contributed by atoms with van der Waals surface area (Å²) in [6.07, 6.45) is 0. The van der Waals surface area contributed by atoms with Crippen LogP contribution in [0.1, 0.15) is 18.1 Å². The van der Waals surface area contributed by atoms with Gasteiger partial charge in [-0.1, -0.05) is 40.8 Å². The zero-order valence-corrected chi connectivity index (χ0v) is 13.1. The Morgan fingerprint density at radius 3 is 2.75 bits per heavy atom. The van der Waals surface area contributed by atoms with Gasteiger partial charge in [-0.25, -0.2) is 0 Å². The molecule has 1 aromatic carbocycles. The highest BCUT2D eigenvalue weighted by Gasteiger charge is 2.17. The van der Waals surface area contributed by atoms with Crippen molar-refractivity contribution in [2.75, 3.05) is 11.1 Å². The Morgan fingerprint density at radius 2 is 2.15 bits per heavy atom. The molecule has 2 aromatic rings. The maximum Gasteiger partial charge on any atom is 0.237 e. The zero-order valence-electron chi connectivity index (χ0n) is 11.5. The van der Waals surface area contributed by atoms with E-state index in [1.54, 1.807) is 0 Å². The predicted octanol–water partition coefficient (Wildman–Crippen LogP) is 2.86. The van der Waals surface area contributed by atoms with Gasteiger partial charge in [0.2, 0.25) is 11.0 Å². The topological polar surface area (TPSA) is 80.9 Å². The van der Waals surface area contributed by atoms with Gasteiger partial charge >= 0.3 is 0 Å². The van der Waals surface area contributed by atoms with Crippen molar-refractivity contribution < 1.29 is 4.79 Å². The molecule has 5 nitrogen and oxygen atoms in total. The number of benzene rings is 1. The number of aryl methyl sites for hydroxylation is 2. The average molecular weight is 308 g/mol. The van der Waals surface area contributed by atoms with Crippen LogP contribution in [0.25, 0.3) is 0 Å². The van der Waals surface area contributed by atoms with Crippen LogP contribution in [0, 0.1) is 13.8 Å². The van der Waals surface area contributed by atoms with Crippen LogP contribution in [-0.2, 0) is 4.79 Å². The zero-order chi connectivity index (χ0) is 14.7. The molecule has 0 aliphatic rings. The molecule has 106 valence electrons. The lowest BCUT2D eigenvalue weighted by Crippen LogP contribution is -2.22. The third kappa shape index (κ3) is 3.71. The second kappa shape index (κ2) is 6.23. The number of hydrogen-bond donors (Lipinski definition) is 2. The van der Waals surface area contributed by atoms with Crippen LogP contribution in [0.5, 0.6) is 0 Å². The standard InChI is InChI=1S/C13H16N4OS2/c1-7-4-5-10(8(2)6-7)15-11(18)9(3)19-13-17-16-12(14)20-13/h4-6,9H,1-3H3,(H2,14,16)(H,15,18)/t9-/m1/s1. The SMILES string of the molecule is Cc1ccc(NC(=O)[C@@H](C)Sc2nnc(N)s2)c(C)c1. The first-order valence-electron chi connectivity index (χ1n) is 6.09. The molecule has 0 spiro atoms. The van der Waals surface area contributed by atoms with E-state index in [9.17, 15) is 4.79 Å². The molecule has 0 saturated carbocycles. The number of anilines is 2. The first-order valence-corrected chi connectivity index (χ1v) is 7.79. The lowest BCUT2D eigenvalue weighted by atomic mass is 10.1. The van der Waals surface area contributed by atoms with E-state index in [2.05, 4.69) is 15.5 Å². The Bertz CT molecular complexity index is 627. The largest absolute Gasteiger partial charge is 0.374 e. The number of aromatic nitrogens is 2. The number of carbonyl (C=O) groups is 1. The van der Waals surface area contributed by atoms with Crippen molar-refractivity contribution in [1.82, 2.24) is 10.2 Å². The predicted molar refractivity (Wildman–Crippen MR) is 84.2 cm³/mol. The molecule has 2 rings (SSSR count). The maximum absolute atomic E-state index is 12.2. The Kier molecular flexibility index (Phi) is 4.61. The lowest BCUT2D eigenvalue weighted by Gasteiger charge is -2.12. The van der Waals surface area contributed by atoms with Crippen molar-refractivity contribution in [2.45, 2.75) is 30.4 Å². The van der Waals surface area contributed by atoms with Gasteiger partial charge in [-0.15, -0.1) is 10.2 Å². The highest BCUT2D eigenvalue weighted by Crippen LogP contribution is 2.28. The number of rotatable bonds is 4. The average Bonchev–Trinajstić information content (AvgIpc) is 2.78. The van der Waals surface area contributed by atoms with Gasteiger partial charge in [-0.05, 0) is 32.4 Å². The van der Waals surface area contributed by atoms with Crippen LogP contribution in [0.3, 0.4) is 0 Å². The van der Waals surface area contributed by atoms with Crippen molar-refractivity contribution in [1.29, 1.82) is 0 Å². The van der Waals surface area contributed by atoms with Crippen molar-refractivity contribution >= 4 is 39.8 Å². The van der Waals surface area contributed by atoms with Crippen LogP contribution >= 0.6 is 23.1 Å². The molecule has 3 N–H and O–H groups in total. The van der Waals surface area contributed by atoms with Crippen LogP contribution in [0.2, 0.25) is 0 Å². The van der Waals surface area contributed by atoms with Crippen molar-refractivity contribution in [3.05, 3.63) is 29.3 Å². The fourth-order valence-corrected chi connectivity index (χ4v) is 3.44. The number of hydrogen-bond acceptors (Lipinski definition) is 6. The smallest absolute Gasteiger partial charge is 0.237 e. The van der Waals surface area contributed by atoms with Crippen molar-refractivity contribution in [3.63, 3.8) is 0 Å². The molecule has 1 aromatic heterocycles. The van der Waals surface area contributed by atoms with Crippen molar-refractivity contribution in [3.8, 4) is 0 Å². The number of nitrogens with one attached hydrogen (secondary N) is 1. The quantitative estimate of drug-likeness (QED) is 0.849. The summed E-state index contributed by atoms with van der Waals surface area (Å²) in [5.41, 5.74) is 8.58. The minimum absolute atomic E-state index is 0.0595. The van der Waals surface area contributed by atoms with Gasteiger partial charge < -0.3 is 11.1 Å². The molecule has 0 bridgehead atoms. The molecular weight excluding hydrogens is 292 g/mol. The number of amides is 1. The Balaban J connectivity index is 2.00.